The molecule has 1 aromatic carbocycles. The number of aliphatic carboxylic acids is 1. The van der Waals surface area contributed by atoms with Crippen LogP contribution in [0.2, 0.25) is 0 Å². The zero-order valence-corrected chi connectivity index (χ0v) is 11.4. The SMILES string of the molecule is O=C(O)CCc1ccccc1NC(=O)[C@@H]1CCCCN1. The van der Waals surface area contributed by atoms with Crippen LogP contribution in [0.5, 0.6) is 0 Å². The van der Waals surface area contributed by atoms with E-state index in [-0.39, 0.29) is 18.4 Å². The number of piperidine rings is 1. The Balaban J connectivity index is 2.00. The van der Waals surface area contributed by atoms with Crippen LogP contribution < -0.4 is 10.6 Å². The van der Waals surface area contributed by atoms with Gasteiger partial charge in [-0.3, -0.25) is 9.59 Å². The van der Waals surface area contributed by atoms with Gasteiger partial charge in [-0.15, -0.1) is 0 Å². The molecule has 0 radical (unpaired) electrons. The lowest BCUT2D eigenvalue weighted by Gasteiger charge is -2.23. The van der Waals surface area contributed by atoms with E-state index in [4.69, 9.17) is 5.11 Å². The Morgan fingerprint density at radius 3 is 2.80 bits per heavy atom. The Morgan fingerprint density at radius 1 is 1.30 bits per heavy atom. The van der Waals surface area contributed by atoms with Crippen molar-refractivity contribution in [2.24, 2.45) is 0 Å². The van der Waals surface area contributed by atoms with Crippen LogP contribution in [0.1, 0.15) is 31.2 Å². The summed E-state index contributed by atoms with van der Waals surface area (Å²) in [4.78, 5) is 22.8. The van der Waals surface area contributed by atoms with Gasteiger partial charge < -0.3 is 15.7 Å². The van der Waals surface area contributed by atoms with E-state index >= 15 is 0 Å². The van der Waals surface area contributed by atoms with Crippen molar-refractivity contribution in [1.82, 2.24) is 5.32 Å². The smallest absolute Gasteiger partial charge is 0.303 e. The standard InChI is InChI=1S/C15H20N2O3/c18-14(19)9-8-11-5-1-2-6-12(11)17-15(20)13-7-3-4-10-16-13/h1-2,5-6,13,16H,3-4,7-10H2,(H,17,20)(H,18,19)/t13-/m0/s1. The number of carboxylic acids is 1. The van der Waals surface area contributed by atoms with Gasteiger partial charge in [-0.05, 0) is 37.4 Å². The van der Waals surface area contributed by atoms with Gasteiger partial charge >= 0.3 is 5.97 Å². The van der Waals surface area contributed by atoms with Crippen LogP contribution in [-0.2, 0) is 16.0 Å². The van der Waals surface area contributed by atoms with E-state index in [1.807, 2.05) is 24.3 Å². The number of nitrogens with one attached hydrogen (secondary N) is 2. The minimum Gasteiger partial charge on any atom is -0.481 e. The highest BCUT2D eigenvalue weighted by Crippen LogP contribution is 2.18. The highest BCUT2D eigenvalue weighted by atomic mass is 16.4. The molecule has 1 aliphatic rings. The van der Waals surface area contributed by atoms with Crippen molar-refractivity contribution >= 4 is 17.6 Å². The zero-order valence-electron chi connectivity index (χ0n) is 11.4. The van der Waals surface area contributed by atoms with Gasteiger partial charge in [0.1, 0.15) is 0 Å². The molecule has 5 nitrogen and oxygen atoms in total. The monoisotopic (exact) mass is 276 g/mol. The summed E-state index contributed by atoms with van der Waals surface area (Å²) in [6, 6.07) is 7.22. The third kappa shape index (κ3) is 4.06. The molecule has 108 valence electrons. The minimum absolute atomic E-state index is 0.0347. The van der Waals surface area contributed by atoms with Gasteiger partial charge in [0, 0.05) is 12.1 Å². The molecule has 0 saturated carbocycles. The van der Waals surface area contributed by atoms with Gasteiger partial charge in [0.25, 0.3) is 0 Å². The van der Waals surface area contributed by atoms with Crippen molar-refractivity contribution in [3.8, 4) is 0 Å². The van der Waals surface area contributed by atoms with E-state index in [2.05, 4.69) is 10.6 Å². The quantitative estimate of drug-likeness (QED) is 0.766. The molecule has 0 aromatic heterocycles. The minimum atomic E-state index is -0.833. The summed E-state index contributed by atoms with van der Waals surface area (Å²) in [5.41, 5.74) is 1.57. The summed E-state index contributed by atoms with van der Waals surface area (Å²) in [7, 11) is 0. The molecular weight excluding hydrogens is 256 g/mol. The first-order valence-electron chi connectivity index (χ1n) is 7.01. The fourth-order valence-electron chi connectivity index (χ4n) is 2.40. The number of hydrogen-bond donors (Lipinski definition) is 3. The number of carbonyl (C=O) groups excluding carboxylic acids is 1. The first-order chi connectivity index (χ1) is 9.66. The third-order valence-corrected chi connectivity index (χ3v) is 3.51. The Morgan fingerprint density at radius 2 is 2.10 bits per heavy atom. The molecule has 1 saturated heterocycles. The lowest BCUT2D eigenvalue weighted by molar-refractivity contribution is -0.136. The van der Waals surface area contributed by atoms with E-state index in [1.54, 1.807) is 0 Å². The number of amides is 1. The van der Waals surface area contributed by atoms with E-state index in [0.29, 0.717) is 12.1 Å². The van der Waals surface area contributed by atoms with Crippen molar-refractivity contribution < 1.29 is 14.7 Å². The van der Waals surface area contributed by atoms with Gasteiger partial charge in [-0.2, -0.15) is 0 Å². The van der Waals surface area contributed by atoms with Crippen LogP contribution in [0.25, 0.3) is 0 Å². The number of carboxylic acid groups (broad SMARTS) is 1. The van der Waals surface area contributed by atoms with Gasteiger partial charge in [0.2, 0.25) is 5.91 Å². The molecule has 1 amide bonds. The second kappa shape index (κ2) is 7.05. The van der Waals surface area contributed by atoms with Crippen LogP contribution >= 0.6 is 0 Å². The number of anilines is 1. The Labute approximate surface area is 118 Å². The second-order valence-corrected chi connectivity index (χ2v) is 5.04. The molecule has 0 unspecified atom stereocenters. The fraction of sp³-hybridized carbons (Fsp3) is 0.467. The van der Waals surface area contributed by atoms with Gasteiger partial charge in [-0.1, -0.05) is 24.6 Å². The molecule has 0 aliphatic carbocycles. The number of rotatable bonds is 5. The maximum absolute atomic E-state index is 12.2. The number of carbonyl (C=O) groups is 2. The van der Waals surface area contributed by atoms with Gasteiger partial charge in [0.05, 0.1) is 6.04 Å². The fourth-order valence-corrected chi connectivity index (χ4v) is 2.40. The molecule has 2 rings (SSSR count). The largest absolute Gasteiger partial charge is 0.481 e. The maximum Gasteiger partial charge on any atom is 0.303 e. The maximum atomic E-state index is 12.2. The van der Waals surface area contributed by atoms with Crippen molar-refractivity contribution in [2.45, 2.75) is 38.1 Å². The predicted octanol–water partition coefficient (Wildman–Crippen LogP) is 1.78. The molecule has 1 aliphatic heterocycles. The highest BCUT2D eigenvalue weighted by Gasteiger charge is 2.21. The summed E-state index contributed by atoms with van der Waals surface area (Å²) in [6.45, 7) is 0.874. The average molecular weight is 276 g/mol. The second-order valence-electron chi connectivity index (χ2n) is 5.04. The summed E-state index contributed by atoms with van der Waals surface area (Å²) in [5, 5.41) is 14.9. The Kier molecular flexibility index (Phi) is 5.12. The number of benzene rings is 1. The first-order valence-corrected chi connectivity index (χ1v) is 7.01. The topological polar surface area (TPSA) is 78.4 Å². The van der Waals surface area contributed by atoms with Crippen LogP contribution in [0.15, 0.2) is 24.3 Å². The molecule has 0 bridgehead atoms. The van der Waals surface area contributed by atoms with Gasteiger partial charge in [-0.25, -0.2) is 0 Å². The Hall–Kier alpha value is -1.88. The zero-order chi connectivity index (χ0) is 14.4. The number of para-hydroxylation sites is 1. The highest BCUT2D eigenvalue weighted by molar-refractivity contribution is 5.95. The van der Waals surface area contributed by atoms with Crippen LogP contribution in [0.3, 0.4) is 0 Å². The van der Waals surface area contributed by atoms with Gasteiger partial charge in [0.15, 0.2) is 0 Å². The van der Waals surface area contributed by atoms with E-state index < -0.39 is 5.97 Å². The molecule has 1 aromatic rings. The molecule has 3 N–H and O–H groups in total. The normalized spacial score (nSPS) is 18.5. The number of aryl methyl sites for hydroxylation is 1. The van der Waals surface area contributed by atoms with E-state index in [0.717, 1.165) is 31.4 Å². The van der Waals surface area contributed by atoms with Crippen LogP contribution in [0, 0.1) is 0 Å². The summed E-state index contributed by atoms with van der Waals surface area (Å²) in [6.07, 6.45) is 3.51. The Bertz CT molecular complexity index is 482. The third-order valence-electron chi connectivity index (χ3n) is 3.51. The molecule has 5 heteroatoms. The van der Waals surface area contributed by atoms with Crippen molar-refractivity contribution in [2.75, 3.05) is 11.9 Å². The summed E-state index contributed by atoms with van der Waals surface area (Å²) >= 11 is 0. The lowest BCUT2D eigenvalue weighted by atomic mass is 10.0. The summed E-state index contributed by atoms with van der Waals surface area (Å²) < 4.78 is 0. The first kappa shape index (κ1) is 14.5. The molecule has 1 fully saturated rings. The molecule has 20 heavy (non-hydrogen) atoms. The summed E-state index contributed by atoms with van der Waals surface area (Å²) in [5.74, 6) is -0.868. The predicted molar refractivity (Wildman–Crippen MR) is 76.7 cm³/mol. The van der Waals surface area contributed by atoms with E-state index in [1.165, 1.54) is 0 Å². The molecule has 0 spiro atoms. The molecule has 1 atom stereocenters. The number of hydrogen-bond acceptors (Lipinski definition) is 3. The van der Waals surface area contributed by atoms with Crippen molar-refractivity contribution in [3.05, 3.63) is 29.8 Å². The average Bonchev–Trinajstić information content (AvgIpc) is 2.47. The van der Waals surface area contributed by atoms with Crippen molar-refractivity contribution in [3.63, 3.8) is 0 Å². The lowest BCUT2D eigenvalue weighted by Crippen LogP contribution is -2.43. The van der Waals surface area contributed by atoms with Crippen molar-refractivity contribution in [1.29, 1.82) is 0 Å². The molecule has 1 heterocycles. The molecular formula is C15H20N2O3. The van der Waals surface area contributed by atoms with E-state index in [9.17, 15) is 9.59 Å². The van der Waals surface area contributed by atoms with Crippen LogP contribution in [0.4, 0.5) is 5.69 Å². The van der Waals surface area contributed by atoms with Crippen LogP contribution in [-0.4, -0.2) is 29.6 Å².